The van der Waals surface area contributed by atoms with Crippen molar-refractivity contribution in [3.63, 3.8) is 0 Å². The molecule has 4 nitrogen and oxygen atoms in total. The van der Waals surface area contributed by atoms with Crippen LogP contribution in [0.3, 0.4) is 0 Å². The summed E-state index contributed by atoms with van der Waals surface area (Å²) < 4.78 is 41.3. The highest BCUT2D eigenvalue weighted by Crippen LogP contribution is 2.50. The molecule has 0 spiro atoms. The van der Waals surface area contributed by atoms with Crippen LogP contribution < -0.4 is 15.5 Å². The standard InChI is InChI=1S/C19H21F3N4/c1-11-3-4-17(24-9-11)25-12-7-13-14-10-23-6-5-16(14)26(2)18(13)15(8-12)19(20,21)22/h3-4,7-9,14,16,23H,5-6,10H2,1-2H3,(H,24,25)/t14-,16-/m1/s1. The van der Waals surface area contributed by atoms with Gasteiger partial charge >= 0.3 is 6.18 Å². The third-order valence-electron chi connectivity index (χ3n) is 5.32. The van der Waals surface area contributed by atoms with Gasteiger partial charge in [-0.1, -0.05) is 6.07 Å². The number of benzene rings is 1. The van der Waals surface area contributed by atoms with Crippen LogP contribution in [0.5, 0.6) is 0 Å². The molecule has 2 N–H and O–H groups in total. The van der Waals surface area contributed by atoms with E-state index in [0.29, 0.717) is 23.7 Å². The molecule has 1 fully saturated rings. The van der Waals surface area contributed by atoms with Crippen molar-refractivity contribution in [2.24, 2.45) is 0 Å². The smallest absolute Gasteiger partial charge is 0.370 e. The van der Waals surface area contributed by atoms with Crippen LogP contribution in [0.2, 0.25) is 0 Å². The minimum absolute atomic E-state index is 0.0672. The van der Waals surface area contributed by atoms with E-state index in [1.54, 1.807) is 19.3 Å². The normalized spacial score (nSPS) is 22.1. The third-order valence-corrected chi connectivity index (χ3v) is 5.32. The van der Waals surface area contributed by atoms with E-state index >= 15 is 0 Å². The van der Waals surface area contributed by atoms with Gasteiger partial charge in [0.05, 0.1) is 11.3 Å². The molecule has 1 aromatic carbocycles. The van der Waals surface area contributed by atoms with Crippen molar-refractivity contribution >= 4 is 17.2 Å². The Labute approximate surface area is 150 Å². The van der Waals surface area contributed by atoms with E-state index in [1.165, 1.54) is 6.07 Å². The Hall–Kier alpha value is -2.28. The minimum atomic E-state index is -4.41. The van der Waals surface area contributed by atoms with Crippen molar-refractivity contribution in [2.45, 2.75) is 31.5 Å². The number of halogens is 3. The van der Waals surface area contributed by atoms with Crippen molar-refractivity contribution in [2.75, 3.05) is 30.4 Å². The van der Waals surface area contributed by atoms with Gasteiger partial charge in [-0.3, -0.25) is 0 Å². The first-order chi connectivity index (χ1) is 12.3. The molecular weight excluding hydrogens is 341 g/mol. The number of piperidine rings is 1. The summed E-state index contributed by atoms with van der Waals surface area (Å²) in [5, 5.41) is 6.34. The molecule has 1 saturated heterocycles. The highest BCUT2D eigenvalue weighted by molar-refractivity contribution is 5.74. The van der Waals surface area contributed by atoms with E-state index < -0.39 is 11.7 Å². The van der Waals surface area contributed by atoms with Gasteiger partial charge in [0.25, 0.3) is 0 Å². The first kappa shape index (κ1) is 17.1. The average Bonchev–Trinajstić information content (AvgIpc) is 2.89. The van der Waals surface area contributed by atoms with Gasteiger partial charge in [0, 0.05) is 37.4 Å². The Morgan fingerprint density at radius 1 is 1.27 bits per heavy atom. The molecule has 2 aromatic rings. The lowest BCUT2D eigenvalue weighted by Gasteiger charge is -2.31. The van der Waals surface area contributed by atoms with Gasteiger partial charge in [0.15, 0.2) is 0 Å². The van der Waals surface area contributed by atoms with Crippen molar-refractivity contribution in [3.8, 4) is 0 Å². The second-order valence-corrected chi connectivity index (χ2v) is 7.08. The number of likely N-dealkylation sites (N-methyl/N-ethyl adjacent to an activating group) is 1. The predicted molar refractivity (Wildman–Crippen MR) is 96.1 cm³/mol. The average molecular weight is 362 g/mol. The fourth-order valence-electron chi connectivity index (χ4n) is 4.10. The number of fused-ring (bicyclic) bond motifs is 3. The van der Waals surface area contributed by atoms with Crippen LogP contribution in [0.1, 0.15) is 29.0 Å². The van der Waals surface area contributed by atoms with Gasteiger partial charge in [-0.15, -0.1) is 0 Å². The summed E-state index contributed by atoms with van der Waals surface area (Å²) in [6.45, 7) is 3.45. The maximum Gasteiger partial charge on any atom is 0.418 e. The summed E-state index contributed by atoms with van der Waals surface area (Å²) in [7, 11) is 1.78. The molecule has 0 aliphatic carbocycles. The van der Waals surface area contributed by atoms with Crippen molar-refractivity contribution in [3.05, 3.63) is 47.2 Å². The van der Waals surface area contributed by atoms with E-state index in [0.717, 1.165) is 24.1 Å². The first-order valence-electron chi connectivity index (χ1n) is 8.73. The van der Waals surface area contributed by atoms with Crippen molar-refractivity contribution < 1.29 is 13.2 Å². The summed E-state index contributed by atoms with van der Waals surface area (Å²) in [6.07, 6.45) is -1.87. The van der Waals surface area contributed by atoms with Gasteiger partial charge in [0.2, 0.25) is 0 Å². The number of nitrogens with zero attached hydrogens (tertiary/aromatic N) is 2. The Kier molecular flexibility index (Phi) is 4.06. The predicted octanol–water partition coefficient (Wildman–Crippen LogP) is 4.05. The number of pyridine rings is 1. The summed E-state index contributed by atoms with van der Waals surface area (Å²) >= 11 is 0. The Bertz CT molecular complexity index is 817. The number of anilines is 3. The number of aromatic nitrogens is 1. The lowest BCUT2D eigenvalue weighted by molar-refractivity contribution is -0.137. The van der Waals surface area contributed by atoms with Gasteiger partial charge in [-0.2, -0.15) is 13.2 Å². The number of hydrogen-bond acceptors (Lipinski definition) is 4. The molecule has 0 saturated carbocycles. The molecule has 26 heavy (non-hydrogen) atoms. The van der Waals surface area contributed by atoms with Gasteiger partial charge < -0.3 is 15.5 Å². The fourth-order valence-corrected chi connectivity index (χ4v) is 4.10. The quantitative estimate of drug-likeness (QED) is 0.846. The van der Waals surface area contributed by atoms with Gasteiger partial charge in [-0.25, -0.2) is 4.98 Å². The second kappa shape index (κ2) is 6.16. The van der Waals surface area contributed by atoms with Crippen LogP contribution in [-0.4, -0.2) is 31.2 Å². The molecule has 0 amide bonds. The van der Waals surface area contributed by atoms with E-state index in [2.05, 4.69) is 15.6 Å². The fraction of sp³-hybridized carbons (Fsp3) is 0.421. The molecule has 0 radical (unpaired) electrons. The van der Waals surface area contributed by atoms with Gasteiger partial charge in [-0.05, 0) is 49.2 Å². The molecule has 0 bridgehead atoms. The van der Waals surface area contributed by atoms with Crippen LogP contribution >= 0.6 is 0 Å². The third kappa shape index (κ3) is 2.90. The maximum absolute atomic E-state index is 13.8. The Morgan fingerprint density at radius 2 is 2.08 bits per heavy atom. The zero-order valence-electron chi connectivity index (χ0n) is 14.7. The number of aryl methyl sites for hydroxylation is 1. The molecule has 7 heteroatoms. The molecule has 0 unspecified atom stereocenters. The summed E-state index contributed by atoms with van der Waals surface area (Å²) in [4.78, 5) is 6.06. The largest absolute Gasteiger partial charge is 0.418 e. The zero-order valence-corrected chi connectivity index (χ0v) is 14.7. The van der Waals surface area contributed by atoms with Gasteiger partial charge in [0.1, 0.15) is 5.82 Å². The molecule has 2 aliphatic heterocycles. The number of nitrogens with one attached hydrogen (secondary N) is 2. The zero-order chi connectivity index (χ0) is 18.5. The topological polar surface area (TPSA) is 40.2 Å². The lowest BCUT2D eigenvalue weighted by atomic mass is 9.89. The Balaban J connectivity index is 1.79. The van der Waals surface area contributed by atoms with Crippen LogP contribution in [0.15, 0.2) is 30.5 Å². The molecular formula is C19H21F3N4. The highest BCUT2D eigenvalue weighted by Gasteiger charge is 2.45. The highest BCUT2D eigenvalue weighted by atomic mass is 19.4. The monoisotopic (exact) mass is 362 g/mol. The van der Waals surface area contributed by atoms with Crippen LogP contribution in [0.4, 0.5) is 30.4 Å². The SMILES string of the molecule is Cc1ccc(Nc2cc3c(c(C(F)(F)F)c2)N(C)[C@@H]2CCNC[C@H]32)nc1. The number of hydrogen-bond donors (Lipinski definition) is 2. The summed E-state index contributed by atoms with van der Waals surface area (Å²) in [6, 6.07) is 6.80. The van der Waals surface area contributed by atoms with Crippen LogP contribution in [0, 0.1) is 6.92 Å². The molecule has 138 valence electrons. The first-order valence-corrected chi connectivity index (χ1v) is 8.73. The van der Waals surface area contributed by atoms with E-state index in [1.807, 2.05) is 24.0 Å². The van der Waals surface area contributed by atoms with Crippen LogP contribution in [0.25, 0.3) is 0 Å². The molecule has 2 aliphatic rings. The second-order valence-electron chi connectivity index (χ2n) is 7.08. The Morgan fingerprint density at radius 3 is 2.77 bits per heavy atom. The maximum atomic E-state index is 13.8. The summed E-state index contributed by atoms with van der Waals surface area (Å²) in [5.74, 6) is 0.603. The lowest BCUT2D eigenvalue weighted by Crippen LogP contribution is -2.42. The number of alkyl halides is 3. The summed E-state index contributed by atoms with van der Waals surface area (Å²) in [5.41, 5.74) is 1.92. The van der Waals surface area contributed by atoms with Crippen molar-refractivity contribution in [1.82, 2.24) is 10.3 Å². The molecule has 1 aromatic heterocycles. The van der Waals surface area contributed by atoms with E-state index in [-0.39, 0.29) is 12.0 Å². The van der Waals surface area contributed by atoms with Crippen LogP contribution in [-0.2, 0) is 6.18 Å². The molecule has 4 rings (SSSR count). The van der Waals surface area contributed by atoms with Crippen molar-refractivity contribution in [1.29, 1.82) is 0 Å². The molecule has 2 atom stereocenters. The minimum Gasteiger partial charge on any atom is -0.370 e. The molecule has 3 heterocycles. The van der Waals surface area contributed by atoms with E-state index in [9.17, 15) is 13.2 Å². The van der Waals surface area contributed by atoms with E-state index in [4.69, 9.17) is 0 Å². The number of rotatable bonds is 2.